The van der Waals surface area contributed by atoms with Crippen molar-refractivity contribution in [1.82, 2.24) is 10.3 Å². The van der Waals surface area contributed by atoms with E-state index in [2.05, 4.69) is 10.3 Å². The van der Waals surface area contributed by atoms with Crippen LogP contribution in [0.3, 0.4) is 0 Å². The first kappa shape index (κ1) is 20.7. The van der Waals surface area contributed by atoms with E-state index in [0.717, 1.165) is 32.8 Å². The van der Waals surface area contributed by atoms with Crippen molar-refractivity contribution in [2.75, 3.05) is 14.2 Å². The summed E-state index contributed by atoms with van der Waals surface area (Å²) >= 11 is 0. The van der Waals surface area contributed by atoms with Crippen LogP contribution < -0.4 is 10.1 Å². The second-order valence-corrected chi connectivity index (χ2v) is 5.62. The Kier molecular flexibility index (Phi) is 8.69. The van der Waals surface area contributed by atoms with E-state index < -0.39 is 17.9 Å². The molecule has 25 heavy (non-hydrogen) atoms. The monoisotopic (exact) mass is 354 g/mol. The smallest absolute Gasteiger partial charge is 0.328 e. The number of rotatable bonds is 3. The van der Waals surface area contributed by atoms with E-state index >= 15 is 0 Å². The number of nitrogens with one attached hydrogen (secondary N) is 1. The Hall–Kier alpha value is -2.35. The Morgan fingerprint density at radius 2 is 2.00 bits per heavy atom. The third-order valence-corrected chi connectivity index (χ3v) is 3.83. The maximum Gasteiger partial charge on any atom is 0.328 e. The number of carbonyl (C=O) groups is 2. The van der Waals surface area contributed by atoms with Crippen LogP contribution in [0.15, 0.2) is 12.3 Å². The lowest BCUT2D eigenvalue weighted by molar-refractivity contribution is -0.150. The second kappa shape index (κ2) is 10.5. The quantitative estimate of drug-likeness (QED) is 0.702. The summed E-state index contributed by atoms with van der Waals surface area (Å²) < 4.78 is 10.3. The van der Waals surface area contributed by atoms with E-state index in [9.17, 15) is 14.7 Å². The van der Waals surface area contributed by atoms with Gasteiger partial charge in [-0.05, 0) is 26.2 Å². The predicted octanol–water partition coefficient (Wildman–Crippen LogP) is 1.40. The predicted molar refractivity (Wildman–Crippen MR) is 90.5 cm³/mol. The number of aromatic nitrogens is 1. The average Bonchev–Trinajstić information content (AvgIpc) is 2.68. The van der Waals surface area contributed by atoms with Gasteiger partial charge in [0.1, 0.15) is 6.04 Å². The molecule has 140 valence electrons. The fourth-order valence-electron chi connectivity index (χ4n) is 2.54. The molecule has 2 atom stereocenters. The lowest BCUT2D eigenvalue weighted by atomic mass is 10.1. The van der Waals surface area contributed by atoms with Crippen molar-refractivity contribution in [3.05, 3.63) is 18.0 Å². The van der Waals surface area contributed by atoms with Gasteiger partial charge in [-0.3, -0.25) is 4.79 Å². The number of nitrogens with zero attached hydrogens (tertiary/aromatic N) is 1. The maximum atomic E-state index is 12.3. The summed E-state index contributed by atoms with van der Waals surface area (Å²) in [5.74, 6) is -1.28. The van der Waals surface area contributed by atoms with Gasteiger partial charge in [-0.15, -0.1) is 0 Å². The molecule has 1 aliphatic heterocycles. The molecule has 1 aromatic rings. The molecule has 0 spiro atoms. The van der Waals surface area contributed by atoms with Gasteiger partial charge < -0.3 is 25.0 Å². The summed E-state index contributed by atoms with van der Waals surface area (Å²) in [5.41, 5.74) is -0.176. The average molecular weight is 354 g/mol. The van der Waals surface area contributed by atoms with E-state index in [1.165, 1.54) is 19.4 Å². The van der Waals surface area contributed by atoms with Crippen LogP contribution in [0, 0.1) is 0 Å². The molecular weight excluding hydrogens is 328 g/mol. The van der Waals surface area contributed by atoms with Crippen LogP contribution in [0.25, 0.3) is 0 Å². The largest absolute Gasteiger partial charge is 0.503 e. The van der Waals surface area contributed by atoms with Crippen molar-refractivity contribution in [3.63, 3.8) is 0 Å². The van der Waals surface area contributed by atoms with Crippen LogP contribution in [-0.4, -0.2) is 53.4 Å². The number of carbonyl (C=O) groups excluding carboxylic acids is 2. The number of pyridine rings is 1. The highest BCUT2D eigenvalue weighted by Gasteiger charge is 2.27. The summed E-state index contributed by atoms with van der Waals surface area (Å²) in [7, 11) is 2.38. The Labute approximate surface area is 147 Å². The second-order valence-electron chi connectivity index (χ2n) is 5.62. The minimum Gasteiger partial charge on any atom is -0.503 e. The van der Waals surface area contributed by atoms with Crippen molar-refractivity contribution in [2.45, 2.75) is 51.2 Å². The standard InChI is InChI=1S/C16H22N2O5.CH4O/c1-10-6-4-3-5-7-11(16(21)23-10)18-15(20)13-14(19)12(22-2)8-9-17-13;1-2/h8-11,19H,3-7H2,1-2H3,(H,18,20);2H,1H3/t10?,11-;/m0./s1. The zero-order valence-electron chi connectivity index (χ0n) is 14.8. The third kappa shape index (κ3) is 5.90. The molecular formula is C17H26N2O6. The number of cyclic esters (lactones) is 1. The van der Waals surface area contributed by atoms with E-state index in [0.29, 0.717) is 6.42 Å². The zero-order valence-corrected chi connectivity index (χ0v) is 14.8. The van der Waals surface area contributed by atoms with Gasteiger partial charge in [0.25, 0.3) is 5.91 Å². The molecule has 0 aliphatic carbocycles. The molecule has 1 saturated heterocycles. The molecule has 1 aliphatic rings. The summed E-state index contributed by atoms with van der Waals surface area (Å²) in [6.45, 7) is 1.84. The van der Waals surface area contributed by atoms with Crippen molar-refractivity contribution < 1.29 is 29.3 Å². The molecule has 1 amide bonds. The first-order valence-corrected chi connectivity index (χ1v) is 8.21. The van der Waals surface area contributed by atoms with Crippen molar-refractivity contribution in [1.29, 1.82) is 0 Å². The molecule has 2 heterocycles. The molecule has 0 bridgehead atoms. The summed E-state index contributed by atoms with van der Waals surface area (Å²) in [4.78, 5) is 28.3. The first-order valence-electron chi connectivity index (χ1n) is 8.21. The Morgan fingerprint density at radius 1 is 1.32 bits per heavy atom. The minimum absolute atomic E-state index is 0.149. The molecule has 8 nitrogen and oxygen atoms in total. The summed E-state index contributed by atoms with van der Waals surface area (Å²) in [6, 6.07) is 0.706. The number of amides is 1. The molecule has 1 fully saturated rings. The zero-order chi connectivity index (χ0) is 18.8. The number of hydrogen-bond acceptors (Lipinski definition) is 7. The topological polar surface area (TPSA) is 118 Å². The highest BCUT2D eigenvalue weighted by molar-refractivity contribution is 5.97. The Balaban J connectivity index is 0.00000151. The summed E-state index contributed by atoms with van der Waals surface area (Å²) in [5, 5.41) is 19.6. The van der Waals surface area contributed by atoms with Crippen LogP contribution in [0.5, 0.6) is 11.5 Å². The molecule has 8 heteroatoms. The van der Waals surface area contributed by atoms with E-state index in [4.69, 9.17) is 14.6 Å². The number of hydrogen-bond donors (Lipinski definition) is 3. The van der Waals surface area contributed by atoms with Crippen LogP contribution in [0.1, 0.15) is 49.5 Å². The van der Waals surface area contributed by atoms with Crippen LogP contribution in [-0.2, 0) is 9.53 Å². The van der Waals surface area contributed by atoms with E-state index in [-0.39, 0.29) is 23.3 Å². The van der Waals surface area contributed by atoms with E-state index in [1.807, 2.05) is 6.92 Å². The number of methoxy groups -OCH3 is 1. The van der Waals surface area contributed by atoms with Gasteiger partial charge in [-0.2, -0.15) is 0 Å². The molecule has 0 saturated carbocycles. The number of esters is 1. The van der Waals surface area contributed by atoms with Gasteiger partial charge in [0.2, 0.25) is 0 Å². The number of aliphatic hydroxyl groups is 1. The highest BCUT2D eigenvalue weighted by Crippen LogP contribution is 2.27. The van der Waals surface area contributed by atoms with Crippen LogP contribution >= 0.6 is 0 Å². The molecule has 1 aromatic heterocycles. The van der Waals surface area contributed by atoms with Crippen molar-refractivity contribution >= 4 is 11.9 Å². The van der Waals surface area contributed by atoms with Gasteiger partial charge in [0, 0.05) is 19.4 Å². The Morgan fingerprint density at radius 3 is 2.68 bits per heavy atom. The third-order valence-electron chi connectivity index (χ3n) is 3.83. The van der Waals surface area contributed by atoms with E-state index in [1.54, 1.807) is 0 Å². The van der Waals surface area contributed by atoms with Crippen molar-refractivity contribution in [2.24, 2.45) is 0 Å². The van der Waals surface area contributed by atoms with Gasteiger partial charge >= 0.3 is 5.97 Å². The van der Waals surface area contributed by atoms with Gasteiger partial charge in [-0.1, -0.05) is 12.8 Å². The lowest BCUT2D eigenvalue weighted by Crippen LogP contribution is -2.42. The lowest BCUT2D eigenvalue weighted by Gasteiger charge is -2.19. The number of ether oxygens (including phenoxy) is 2. The fourth-order valence-corrected chi connectivity index (χ4v) is 2.54. The molecule has 3 N–H and O–H groups in total. The number of aliphatic hydroxyl groups excluding tert-OH is 1. The van der Waals surface area contributed by atoms with Gasteiger partial charge in [0.15, 0.2) is 17.2 Å². The van der Waals surface area contributed by atoms with Crippen LogP contribution in [0.2, 0.25) is 0 Å². The van der Waals surface area contributed by atoms with Gasteiger partial charge in [-0.25, -0.2) is 9.78 Å². The highest BCUT2D eigenvalue weighted by atomic mass is 16.5. The number of aromatic hydroxyl groups is 1. The normalized spacial score (nSPS) is 20.7. The first-order chi connectivity index (χ1) is 12.0. The van der Waals surface area contributed by atoms with Gasteiger partial charge in [0.05, 0.1) is 13.2 Å². The molecule has 2 rings (SSSR count). The minimum atomic E-state index is -0.740. The summed E-state index contributed by atoms with van der Waals surface area (Å²) in [6.07, 6.45) is 5.32. The SMILES string of the molecule is CO.COc1ccnc(C(=O)N[C@H]2CCCCCC(C)OC2=O)c1O. The van der Waals surface area contributed by atoms with Crippen LogP contribution in [0.4, 0.5) is 0 Å². The maximum absolute atomic E-state index is 12.3. The Bertz CT molecular complexity index is 578. The molecule has 0 aromatic carbocycles. The molecule has 1 unspecified atom stereocenters. The van der Waals surface area contributed by atoms with Crippen molar-refractivity contribution in [3.8, 4) is 11.5 Å². The fraction of sp³-hybridized carbons (Fsp3) is 0.588. The molecule has 0 radical (unpaired) electrons.